The maximum absolute atomic E-state index is 13.2. The van der Waals surface area contributed by atoms with Crippen molar-refractivity contribution in [1.29, 1.82) is 0 Å². The van der Waals surface area contributed by atoms with Crippen molar-refractivity contribution < 1.29 is 14.0 Å². The van der Waals surface area contributed by atoms with Crippen molar-refractivity contribution in [3.63, 3.8) is 0 Å². The van der Waals surface area contributed by atoms with Crippen LogP contribution >= 0.6 is 0 Å². The van der Waals surface area contributed by atoms with Gasteiger partial charge in [0.05, 0.1) is 22.9 Å². The van der Waals surface area contributed by atoms with E-state index >= 15 is 0 Å². The van der Waals surface area contributed by atoms with Crippen LogP contribution in [-0.2, 0) is 11.2 Å². The smallest absolute Gasteiger partial charge is 0.231 e. The minimum absolute atomic E-state index is 0.131. The molecule has 7 heteroatoms. The summed E-state index contributed by atoms with van der Waals surface area (Å²) in [6, 6.07) is 13.3. The van der Waals surface area contributed by atoms with Gasteiger partial charge in [0.25, 0.3) is 0 Å². The highest BCUT2D eigenvalue weighted by Crippen LogP contribution is 2.51. The van der Waals surface area contributed by atoms with E-state index in [2.05, 4.69) is 20.6 Å². The molecule has 3 aromatic rings. The van der Waals surface area contributed by atoms with E-state index in [0.29, 0.717) is 11.7 Å². The van der Waals surface area contributed by atoms with E-state index in [-0.39, 0.29) is 24.0 Å². The number of aromatic nitrogens is 2. The molecule has 0 bridgehead atoms. The van der Waals surface area contributed by atoms with E-state index in [1.165, 1.54) is 0 Å². The molecule has 0 aliphatic heterocycles. The van der Waals surface area contributed by atoms with E-state index in [4.69, 9.17) is 0 Å². The monoisotopic (exact) mass is 416 g/mol. The Hall–Kier alpha value is -3.48. The van der Waals surface area contributed by atoms with Gasteiger partial charge in [-0.25, -0.2) is 9.37 Å². The zero-order valence-electron chi connectivity index (χ0n) is 16.7. The average molecular weight is 416 g/mol. The lowest BCUT2D eigenvalue weighted by molar-refractivity contribution is -0.117. The van der Waals surface area contributed by atoms with Crippen molar-refractivity contribution in [3.8, 4) is 11.3 Å². The Balaban J connectivity index is 1.39. The highest BCUT2D eigenvalue weighted by Gasteiger charge is 2.49. The molecular formula is C24H21FN4O2. The zero-order valence-corrected chi connectivity index (χ0v) is 16.7. The number of fused-ring (bicyclic) bond motifs is 2. The first-order chi connectivity index (χ1) is 15.1. The largest absolute Gasteiger partial charge is 0.356 e. The minimum atomic E-state index is -1.06. The zero-order chi connectivity index (χ0) is 21.1. The number of alkyl halides is 1. The Morgan fingerprint density at radius 1 is 1.16 bits per heavy atom. The number of amides is 1. The second-order valence-corrected chi connectivity index (χ2v) is 8.67. The van der Waals surface area contributed by atoms with Crippen molar-refractivity contribution in [2.45, 2.75) is 25.4 Å². The Bertz CT molecular complexity index is 1210. The molecule has 0 saturated heterocycles. The van der Waals surface area contributed by atoms with Gasteiger partial charge in [-0.05, 0) is 49.4 Å². The maximum atomic E-state index is 13.2. The van der Waals surface area contributed by atoms with Crippen LogP contribution in [0.1, 0.15) is 28.9 Å². The van der Waals surface area contributed by atoms with Gasteiger partial charge in [0.1, 0.15) is 12.0 Å². The molecule has 4 atom stereocenters. The van der Waals surface area contributed by atoms with Crippen LogP contribution < -0.4 is 10.6 Å². The standard InChI is InChI=1S/C24H21FN4O2/c25-17-11-16(17)24(31)29-19-10-12(6-7-26-19)21-22(27-14-4-2-1-3-5-14)20-18(28-21)9-13-8-15(13)23(20)30/h1-7,10,13,15-17,27-28H,8-9,11H2,(H,26,29,31). The van der Waals surface area contributed by atoms with Crippen LogP contribution in [0, 0.1) is 17.8 Å². The van der Waals surface area contributed by atoms with Crippen LogP contribution in [0.2, 0.25) is 0 Å². The van der Waals surface area contributed by atoms with Crippen LogP contribution in [0.15, 0.2) is 48.7 Å². The van der Waals surface area contributed by atoms with Gasteiger partial charge < -0.3 is 15.6 Å². The van der Waals surface area contributed by atoms with Crippen LogP contribution in [0.4, 0.5) is 21.6 Å². The number of Topliss-reactive ketones (excluding diaryl/α,β-unsaturated/α-hetero) is 1. The van der Waals surface area contributed by atoms with Gasteiger partial charge in [0.15, 0.2) is 5.78 Å². The summed E-state index contributed by atoms with van der Waals surface area (Å²) in [6.07, 6.45) is 2.64. The van der Waals surface area contributed by atoms with Crippen molar-refractivity contribution in [2.24, 2.45) is 17.8 Å². The number of carbonyl (C=O) groups excluding carboxylic acids is 2. The number of rotatable bonds is 5. The fraction of sp³-hybridized carbons (Fsp3) is 0.292. The summed E-state index contributed by atoms with van der Waals surface area (Å²) in [5.41, 5.74) is 4.92. The Morgan fingerprint density at radius 2 is 1.97 bits per heavy atom. The van der Waals surface area contributed by atoms with E-state index in [9.17, 15) is 14.0 Å². The number of hydrogen-bond donors (Lipinski definition) is 3. The molecule has 31 heavy (non-hydrogen) atoms. The lowest BCUT2D eigenvalue weighted by Crippen LogP contribution is -2.15. The second kappa shape index (κ2) is 6.77. The van der Waals surface area contributed by atoms with Crippen molar-refractivity contribution in [3.05, 3.63) is 59.9 Å². The van der Waals surface area contributed by atoms with E-state index in [1.807, 2.05) is 36.4 Å². The Labute approximate surface area is 178 Å². The fourth-order valence-corrected chi connectivity index (χ4v) is 4.53. The average Bonchev–Trinajstić information content (AvgIpc) is 3.67. The Morgan fingerprint density at radius 3 is 2.74 bits per heavy atom. The number of anilines is 3. The number of nitrogens with zero attached hydrogens (tertiary/aromatic N) is 1. The SMILES string of the molecule is O=C(Nc1cc(-c2[nH]c3c(c2Nc2ccccc2)C(=O)C2CC2C3)ccn1)C1CC1F. The first-order valence-electron chi connectivity index (χ1n) is 10.6. The molecule has 3 N–H and O–H groups in total. The summed E-state index contributed by atoms with van der Waals surface area (Å²) in [5, 5.41) is 6.14. The van der Waals surface area contributed by atoms with Gasteiger partial charge in [-0.3, -0.25) is 9.59 Å². The van der Waals surface area contributed by atoms with E-state index in [0.717, 1.165) is 46.7 Å². The van der Waals surface area contributed by atoms with Gasteiger partial charge >= 0.3 is 0 Å². The number of aromatic amines is 1. The first-order valence-corrected chi connectivity index (χ1v) is 10.6. The molecule has 156 valence electrons. The summed E-state index contributed by atoms with van der Waals surface area (Å²) in [4.78, 5) is 32.9. The number of benzene rings is 1. The number of ketones is 1. The summed E-state index contributed by atoms with van der Waals surface area (Å²) in [6.45, 7) is 0. The highest BCUT2D eigenvalue weighted by atomic mass is 19.1. The van der Waals surface area contributed by atoms with Gasteiger partial charge in [-0.2, -0.15) is 0 Å². The van der Waals surface area contributed by atoms with Crippen LogP contribution in [-0.4, -0.2) is 27.8 Å². The maximum Gasteiger partial charge on any atom is 0.231 e. The third-order valence-corrected chi connectivity index (χ3v) is 6.44. The number of H-pyrrole nitrogens is 1. The van der Waals surface area contributed by atoms with E-state index < -0.39 is 12.1 Å². The number of carbonyl (C=O) groups is 2. The lowest BCUT2D eigenvalue weighted by Gasteiger charge is -2.13. The van der Waals surface area contributed by atoms with Crippen molar-refractivity contribution in [1.82, 2.24) is 9.97 Å². The molecule has 2 saturated carbocycles. The molecule has 3 aliphatic rings. The molecule has 0 radical (unpaired) electrons. The molecule has 1 amide bonds. The third-order valence-electron chi connectivity index (χ3n) is 6.44. The van der Waals surface area contributed by atoms with Gasteiger partial charge in [-0.15, -0.1) is 0 Å². The van der Waals surface area contributed by atoms with E-state index in [1.54, 1.807) is 12.3 Å². The molecule has 6 rings (SSSR count). The molecule has 2 fully saturated rings. The third kappa shape index (κ3) is 3.21. The second-order valence-electron chi connectivity index (χ2n) is 8.67. The van der Waals surface area contributed by atoms with Crippen molar-refractivity contribution in [2.75, 3.05) is 10.6 Å². The van der Waals surface area contributed by atoms with Crippen molar-refractivity contribution >= 4 is 28.9 Å². The number of para-hydroxylation sites is 1. The number of halogens is 1. The molecule has 6 nitrogen and oxygen atoms in total. The predicted octanol–water partition coefficient (Wildman–Crippen LogP) is 4.49. The molecule has 2 aromatic heterocycles. The predicted molar refractivity (Wildman–Crippen MR) is 115 cm³/mol. The van der Waals surface area contributed by atoms with Crippen LogP contribution in [0.5, 0.6) is 0 Å². The fourth-order valence-electron chi connectivity index (χ4n) is 4.53. The molecule has 1 aromatic carbocycles. The molecule has 4 unspecified atom stereocenters. The number of hydrogen-bond acceptors (Lipinski definition) is 4. The number of nitrogens with one attached hydrogen (secondary N) is 3. The first kappa shape index (κ1) is 18.3. The molecule has 2 heterocycles. The normalized spacial score (nSPS) is 25.4. The topological polar surface area (TPSA) is 86.9 Å². The quantitative estimate of drug-likeness (QED) is 0.572. The highest BCUT2D eigenvalue weighted by molar-refractivity contribution is 6.10. The summed E-state index contributed by atoms with van der Waals surface area (Å²) < 4.78 is 13.2. The Kier molecular flexibility index (Phi) is 4.00. The van der Waals surface area contributed by atoms with Gasteiger partial charge in [-0.1, -0.05) is 18.2 Å². The van der Waals surface area contributed by atoms with Gasteiger partial charge in [0.2, 0.25) is 5.91 Å². The molecular weight excluding hydrogens is 395 g/mol. The summed E-state index contributed by atoms with van der Waals surface area (Å²) >= 11 is 0. The summed E-state index contributed by atoms with van der Waals surface area (Å²) in [7, 11) is 0. The minimum Gasteiger partial charge on any atom is -0.356 e. The molecule has 0 spiro atoms. The van der Waals surface area contributed by atoms with Gasteiger partial charge in [0, 0.05) is 29.1 Å². The number of pyridine rings is 1. The summed E-state index contributed by atoms with van der Waals surface area (Å²) in [5.74, 6) is 0.206. The molecule has 3 aliphatic carbocycles. The lowest BCUT2D eigenvalue weighted by atomic mass is 9.95. The van der Waals surface area contributed by atoms with Crippen LogP contribution in [0.3, 0.4) is 0 Å². The van der Waals surface area contributed by atoms with Crippen LogP contribution in [0.25, 0.3) is 11.3 Å².